The minimum absolute atomic E-state index is 0.0749. The zero-order valence-corrected chi connectivity index (χ0v) is 13.3. The van der Waals surface area contributed by atoms with Crippen molar-refractivity contribution in [1.29, 1.82) is 0 Å². The number of nitrogens with one attached hydrogen (secondary N) is 1. The molecular weight excluding hydrogens is 280 g/mol. The highest BCUT2D eigenvalue weighted by Crippen LogP contribution is 2.60. The summed E-state index contributed by atoms with van der Waals surface area (Å²) >= 11 is 1.46. The Bertz CT molecular complexity index is 540. The van der Waals surface area contributed by atoms with E-state index in [1.54, 1.807) is 0 Å². The Balaban J connectivity index is 1.50. The van der Waals surface area contributed by atoms with E-state index in [1.807, 2.05) is 17.5 Å². The van der Waals surface area contributed by atoms with E-state index in [1.165, 1.54) is 49.9 Å². The van der Waals surface area contributed by atoms with Crippen LogP contribution >= 0.6 is 11.3 Å². The summed E-state index contributed by atoms with van der Waals surface area (Å²) < 4.78 is 0. The van der Waals surface area contributed by atoms with Gasteiger partial charge in [-0.3, -0.25) is 4.79 Å². The number of nitrogens with zero attached hydrogens (tertiary/aromatic N) is 1. The second-order valence-electron chi connectivity index (χ2n) is 7.31. The van der Waals surface area contributed by atoms with Gasteiger partial charge in [-0.25, -0.2) is 5.43 Å². The van der Waals surface area contributed by atoms with E-state index < -0.39 is 0 Å². The summed E-state index contributed by atoms with van der Waals surface area (Å²) in [6.45, 7) is 2.13. The minimum atomic E-state index is -0.0749. The average molecular weight is 302 g/mol. The van der Waals surface area contributed by atoms with Crippen LogP contribution in [0.3, 0.4) is 0 Å². The van der Waals surface area contributed by atoms with Gasteiger partial charge in [0.1, 0.15) is 0 Å². The summed E-state index contributed by atoms with van der Waals surface area (Å²) in [7, 11) is 0. The molecule has 5 rings (SSSR count). The molecule has 21 heavy (non-hydrogen) atoms. The quantitative estimate of drug-likeness (QED) is 0.663. The number of thiophene rings is 1. The van der Waals surface area contributed by atoms with Crippen LogP contribution in [0.2, 0.25) is 0 Å². The van der Waals surface area contributed by atoms with E-state index in [9.17, 15) is 4.79 Å². The van der Waals surface area contributed by atoms with Gasteiger partial charge in [-0.1, -0.05) is 6.07 Å². The monoisotopic (exact) mass is 302 g/mol. The van der Waals surface area contributed by atoms with Gasteiger partial charge >= 0.3 is 0 Å². The zero-order valence-electron chi connectivity index (χ0n) is 12.5. The molecule has 1 aromatic heterocycles. The van der Waals surface area contributed by atoms with E-state index in [-0.39, 0.29) is 11.3 Å². The third kappa shape index (κ3) is 2.33. The Labute approximate surface area is 129 Å². The molecular formula is C17H22N2OS. The van der Waals surface area contributed by atoms with Crippen LogP contribution in [-0.4, -0.2) is 11.6 Å². The summed E-state index contributed by atoms with van der Waals surface area (Å²) in [4.78, 5) is 12.8. The van der Waals surface area contributed by atoms with Crippen molar-refractivity contribution in [3.05, 3.63) is 22.4 Å². The highest BCUT2D eigenvalue weighted by atomic mass is 32.1. The summed E-state index contributed by atoms with van der Waals surface area (Å²) in [5.74, 6) is 2.66. The van der Waals surface area contributed by atoms with Crippen LogP contribution in [0.4, 0.5) is 0 Å². The minimum Gasteiger partial charge on any atom is -0.266 e. The highest BCUT2D eigenvalue weighted by molar-refractivity contribution is 7.12. The van der Waals surface area contributed by atoms with Crippen molar-refractivity contribution in [2.75, 3.05) is 0 Å². The van der Waals surface area contributed by atoms with Crippen molar-refractivity contribution in [3.63, 3.8) is 0 Å². The number of hydrogen-bond donors (Lipinski definition) is 1. The predicted octanol–water partition coefficient (Wildman–Crippen LogP) is 4.07. The lowest BCUT2D eigenvalue weighted by molar-refractivity contribution is -0.0128. The molecule has 1 heterocycles. The van der Waals surface area contributed by atoms with Gasteiger partial charge in [-0.15, -0.1) is 11.3 Å². The molecule has 1 amide bonds. The standard InChI is InChI=1S/C17H22N2OS/c1-11(18-19-16(20)15-3-2-4-21-15)17-8-12-5-13(9-17)7-14(6-12)10-17/h2-4,12-14H,5-10H2,1H3,(H,19,20). The van der Waals surface area contributed by atoms with E-state index in [0.29, 0.717) is 0 Å². The van der Waals surface area contributed by atoms with Gasteiger partial charge in [0.15, 0.2) is 0 Å². The van der Waals surface area contributed by atoms with Crippen molar-refractivity contribution in [3.8, 4) is 0 Å². The summed E-state index contributed by atoms with van der Waals surface area (Å²) in [6, 6.07) is 3.74. The Morgan fingerprint density at radius 2 is 1.86 bits per heavy atom. The summed E-state index contributed by atoms with van der Waals surface area (Å²) in [5.41, 5.74) is 4.22. The molecule has 4 aliphatic rings. The lowest BCUT2D eigenvalue weighted by atomic mass is 9.48. The van der Waals surface area contributed by atoms with Crippen molar-refractivity contribution in [2.45, 2.75) is 45.4 Å². The van der Waals surface area contributed by atoms with Gasteiger partial charge < -0.3 is 0 Å². The van der Waals surface area contributed by atoms with Crippen molar-refractivity contribution in [2.24, 2.45) is 28.3 Å². The number of carbonyl (C=O) groups is 1. The molecule has 3 nitrogen and oxygen atoms in total. The van der Waals surface area contributed by atoms with Crippen LogP contribution in [0.5, 0.6) is 0 Å². The fourth-order valence-corrected chi connectivity index (χ4v) is 5.88. The largest absolute Gasteiger partial charge is 0.281 e. The van der Waals surface area contributed by atoms with E-state index in [4.69, 9.17) is 0 Å². The first-order chi connectivity index (χ1) is 10.1. The smallest absolute Gasteiger partial charge is 0.266 e. The number of rotatable bonds is 3. The van der Waals surface area contributed by atoms with Gasteiger partial charge in [0.2, 0.25) is 0 Å². The third-order valence-electron chi connectivity index (χ3n) is 5.88. The van der Waals surface area contributed by atoms with Gasteiger partial charge in [-0.05, 0) is 74.6 Å². The first kappa shape index (κ1) is 13.5. The molecule has 112 valence electrons. The molecule has 4 aliphatic carbocycles. The first-order valence-electron chi connectivity index (χ1n) is 8.03. The first-order valence-corrected chi connectivity index (χ1v) is 8.91. The topological polar surface area (TPSA) is 41.5 Å². The maximum absolute atomic E-state index is 12.0. The number of amides is 1. The lowest BCUT2D eigenvalue weighted by Gasteiger charge is -2.56. The SMILES string of the molecule is CC(=NNC(=O)c1cccs1)C12CC3CC(CC(C3)C1)C2. The molecule has 0 aromatic carbocycles. The molecule has 1 aromatic rings. The van der Waals surface area contributed by atoms with Crippen LogP contribution in [-0.2, 0) is 0 Å². The average Bonchev–Trinajstić information content (AvgIpc) is 2.97. The van der Waals surface area contributed by atoms with Gasteiger partial charge in [0.25, 0.3) is 5.91 Å². The maximum atomic E-state index is 12.0. The Hall–Kier alpha value is -1.16. The van der Waals surface area contributed by atoms with Crippen molar-refractivity contribution in [1.82, 2.24) is 5.43 Å². The Kier molecular flexibility index (Phi) is 3.18. The molecule has 0 aliphatic heterocycles. The van der Waals surface area contributed by atoms with Crippen LogP contribution in [0, 0.1) is 23.2 Å². The maximum Gasteiger partial charge on any atom is 0.281 e. The van der Waals surface area contributed by atoms with Crippen molar-refractivity contribution < 1.29 is 4.79 Å². The Morgan fingerprint density at radius 3 is 2.38 bits per heavy atom. The predicted molar refractivity (Wildman–Crippen MR) is 85.5 cm³/mol. The second-order valence-corrected chi connectivity index (χ2v) is 8.26. The number of hydrogen-bond acceptors (Lipinski definition) is 3. The highest BCUT2D eigenvalue weighted by Gasteiger charge is 2.52. The van der Waals surface area contributed by atoms with Gasteiger partial charge in [-0.2, -0.15) is 5.10 Å². The molecule has 4 saturated carbocycles. The molecule has 4 bridgehead atoms. The molecule has 1 N–H and O–H groups in total. The molecule has 0 unspecified atom stereocenters. The number of hydrazone groups is 1. The molecule has 0 spiro atoms. The summed E-state index contributed by atoms with van der Waals surface area (Å²) in [5, 5.41) is 6.42. The van der Waals surface area contributed by atoms with Crippen LogP contribution < -0.4 is 5.43 Å². The molecule has 0 radical (unpaired) electrons. The zero-order chi connectivity index (χ0) is 14.4. The van der Waals surface area contributed by atoms with Crippen molar-refractivity contribution >= 4 is 23.0 Å². The van der Waals surface area contributed by atoms with Crippen LogP contribution in [0.1, 0.15) is 55.1 Å². The third-order valence-corrected chi connectivity index (χ3v) is 6.74. The van der Waals surface area contributed by atoms with E-state index >= 15 is 0 Å². The van der Waals surface area contributed by atoms with Gasteiger partial charge in [0.05, 0.1) is 4.88 Å². The molecule has 4 heteroatoms. The molecule has 0 saturated heterocycles. The summed E-state index contributed by atoms with van der Waals surface area (Å²) in [6.07, 6.45) is 8.20. The van der Waals surface area contributed by atoms with Crippen LogP contribution in [0.15, 0.2) is 22.6 Å². The lowest BCUT2D eigenvalue weighted by Crippen LogP contribution is -2.49. The molecule has 4 fully saturated rings. The fraction of sp³-hybridized carbons (Fsp3) is 0.647. The van der Waals surface area contributed by atoms with E-state index in [0.717, 1.165) is 28.3 Å². The molecule has 0 atom stereocenters. The normalized spacial score (nSPS) is 37.8. The second kappa shape index (κ2) is 4.94. The number of carbonyl (C=O) groups excluding carboxylic acids is 1. The van der Waals surface area contributed by atoms with Gasteiger partial charge in [0, 0.05) is 11.1 Å². The fourth-order valence-electron chi connectivity index (χ4n) is 5.27. The Morgan fingerprint density at radius 1 is 1.24 bits per heavy atom. The van der Waals surface area contributed by atoms with E-state index in [2.05, 4.69) is 17.5 Å². The van der Waals surface area contributed by atoms with Crippen LogP contribution in [0.25, 0.3) is 0 Å².